The lowest BCUT2D eigenvalue weighted by molar-refractivity contribution is -0.133. The molecule has 0 radical (unpaired) electrons. The van der Waals surface area contributed by atoms with Gasteiger partial charge in [-0.2, -0.15) is 0 Å². The summed E-state index contributed by atoms with van der Waals surface area (Å²) in [6.07, 6.45) is -0.00583. The smallest absolute Gasteiger partial charge is 0.279 e. The monoisotopic (exact) mass is 360 g/mol. The number of hydrogen-bond acceptors (Lipinski definition) is 4. The minimum absolute atomic E-state index is 0.235. The second kappa shape index (κ2) is 9.41. The van der Waals surface area contributed by atoms with Crippen molar-refractivity contribution in [2.75, 3.05) is 6.61 Å². The van der Waals surface area contributed by atoms with Crippen LogP contribution in [-0.2, 0) is 16.0 Å². The van der Waals surface area contributed by atoms with E-state index < -0.39 is 23.7 Å². The molecule has 2 rings (SSSR count). The first-order chi connectivity index (χ1) is 12.5. The predicted octanol–water partition coefficient (Wildman–Crippen LogP) is 2.38. The van der Waals surface area contributed by atoms with E-state index in [1.807, 2.05) is 25.1 Å². The standard InChI is InChI=1S/C19H21FN2O4/c1-3-14-5-4-6-17(11-14)25-12-18(23)21-22-19(24)13(2)26-16-9-7-15(20)8-10-16/h4-11,13H,3,12H2,1-2H3,(H,21,23)(H,22,24)/t13-/m0/s1. The third kappa shape index (κ3) is 6.08. The highest BCUT2D eigenvalue weighted by molar-refractivity contribution is 5.85. The molecule has 2 amide bonds. The van der Waals surface area contributed by atoms with Crippen LogP contribution in [0.3, 0.4) is 0 Å². The van der Waals surface area contributed by atoms with Gasteiger partial charge in [0.2, 0.25) is 0 Å². The number of hydrazine groups is 1. The van der Waals surface area contributed by atoms with Crippen molar-refractivity contribution in [1.29, 1.82) is 0 Å². The Morgan fingerprint density at radius 1 is 1.08 bits per heavy atom. The Labute approximate surface area is 151 Å². The van der Waals surface area contributed by atoms with Crippen molar-refractivity contribution in [3.63, 3.8) is 0 Å². The molecule has 0 saturated heterocycles. The van der Waals surface area contributed by atoms with E-state index in [9.17, 15) is 14.0 Å². The maximum absolute atomic E-state index is 12.8. The molecule has 6 nitrogen and oxygen atoms in total. The van der Waals surface area contributed by atoms with Crippen LogP contribution in [0.2, 0.25) is 0 Å². The first kappa shape index (κ1) is 19.2. The van der Waals surface area contributed by atoms with Crippen molar-refractivity contribution < 1.29 is 23.5 Å². The van der Waals surface area contributed by atoms with Crippen LogP contribution in [0.1, 0.15) is 19.4 Å². The molecule has 2 aromatic carbocycles. The highest BCUT2D eigenvalue weighted by atomic mass is 19.1. The normalized spacial score (nSPS) is 11.3. The van der Waals surface area contributed by atoms with E-state index in [0.29, 0.717) is 11.5 Å². The quantitative estimate of drug-likeness (QED) is 0.744. The van der Waals surface area contributed by atoms with E-state index in [-0.39, 0.29) is 6.61 Å². The number of hydrogen-bond donors (Lipinski definition) is 2. The van der Waals surface area contributed by atoms with Crippen molar-refractivity contribution in [3.8, 4) is 11.5 Å². The van der Waals surface area contributed by atoms with Gasteiger partial charge in [-0.3, -0.25) is 20.4 Å². The summed E-state index contributed by atoms with van der Waals surface area (Å²) < 4.78 is 23.6. The third-order valence-corrected chi connectivity index (χ3v) is 3.50. The molecule has 0 unspecified atom stereocenters. The van der Waals surface area contributed by atoms with Crippen LogP contribution in [0.5, 0.6) is 11.5 Å². The molecular weight excluding hydrogens is 339 g/mol. The Morgan fingerprint density at radius 2 is 1.81 bits per heavy atom. The van der Waals surface area contributed by atoms with Gasteiger partial charge in [-0.25, -0.2) is 4.39 Å². The van der Waals surface area contributed by atoms with E-state index >= 15 is 0 Å². The molecule has 2 aromatic rings. The molecule has 0 saturated carbocycles. The average molecular weight is 360 g/mol. The molecule has 0 aliphatic carbocycles. The van der Waals surface area contributed by atoms with E-state index in [2.05, 4.69) is 10.9 Å². The summed E-state index contributed by atoms with van der Waals surface area (Å²) in [5.74, 6) is -0.519. The van der Waals surface area contributed by atoms with Gasteiger partial charge in [-0.15, -0.1) is 0 Å². The Kier molecular flexibility index (Phi) is 6.96. The molecule has 0 aliphatic rings. The highest BCUT2D eigenvalue weighted by Gasteiger charge is 2.15. The van der Waals surface area contributed by atoms with Crippen LogP contribution in [0.15, 0.2) is 48.5 Å². The zero-order chi connectivity index (χ0) is 18.9. The van der Waals surface area contributed by atoms with Gasteiger partial charge >= 0.3 is 0 Å². The Bertz CT molecular complexity index is 749. The number of carbonyl (C=O) groups excluding carboxylic acids is 2. The Hall–Kier alpha value is -3.09. The van der Waals surface area contributed by atoms with E-state index in [4.69, 9.17) is 9.47 Å². The topological polar surface area (TPSA) is 76.7 Å². The highest BCUT2D eigenvalue weighted by Crippen LogP contribution is 2.14. The van der Waals surface area contributed by atoms with Crippen molar-refractivity contribution >= 4 is 11.8 Å². The van der Waals surface area contributed by atoms with E-state index in [1.165, 1.54) is 31.2 Å². The average Bonchev–Trinajstić information content (AvgIpc) is 2.66. The van der Waals surface area contributed by atoms with Crippen LogP contribution in [0.25, 0.3) is 0 Å². The van der Waals surface area contributed by atoms with Gasteiger partial charge in [0.1, 0.15) is 17.3 Å². The molecule has 0 spiro atoms. The fraction of sp³-hybridized carbons (Fsp3) is 0.263. The predicted molar refractivity (Wildman–Crippen MR) is 94.1 cm³/mol. The lowest BCUT2D eigenvalue weighted by Crippen LogP contribution is -2.48. The Morgan fingerprint density at radius 3 is 2.50 bits per heavy atom. The number of nitrogens with one attached hydrogen (secondary N) is 2. The van der Waals surface area contributed by atoms with E-state index in [1.54, 1.807) is 6.07 Å². The number of carbonyl (C=O) groups is 2. The van der Waals surface area contributed by atoms with Crippen LogP contribution in [0.4, 0.5) is 4.39 Å². The van der Waals surface area contributed by atoms with Gasteiger partial charge in [-0.1, -0.05) is 19.1 Å². The third-order valence-electron chi connectivity index (χ3n) is 3.50. The minimum Gasteiger partial charge on any atom is -0.484 e. The van der Waals surface area contributed by atoms with Crippen molar-refractivity contribution in [2.45, 2.75) is 26.4 Å². The number of rotatable bonds is 7. The summed E-state index contributed by atoms with van der Waals surface area (Å²) in [4.78, 5) is 23.7. The second-order valence-corrected chi connectivity index (χ2v) is 5.54. The molecular formula is C19H21FN2O4. The number of amides is 2. The fourth-order valence-corrected chi connectivity index (χ4v) is 2.04. The number of aryl methyl sites for hydroxylation is 1. The van der Waals surface area contributed by atoms with Crippen molar-refractivity contribution in [2.24, 2.45) is 0 Å². The molecule has 26 heavy (non-hydrogen) atoms. The van der Waals surface area contributed by atoms with Gasteiger partial charge in [-0.05, 0) is 55.3 Å². The summed E-state index contributed by atoms with van der Waals surface area (Å²) in [5.41, 5.74) is 5.61. The zero-order valence-corrected chi connectivity index (χ0v) is 14.6. The zero-order valence-electron chi connectivity index (χ0n) is 14.6. The van der Waals surface area contributed by atoms with Gasteiger partial charge < -0.3 is 9.47 Å². The first-order valence-corrected chi connectivity index (χ1v) is 8.20. The van der Waals surface area contributed by atoms with Gasteiger partial charge in [0.05, 0.1) is 0 Å². The minimum atomic E-state index is -0.872. The SMILES string of the molecule is CCc1cccc(OCC(=O)NNC(=O)[C@H](C)Oc2ccc(F)cc2)c1. The van der Waals surface area contributed by atoms with Crippen LogP contribution in [0, 0.1) is 5.82 Å². The van der Waals surface area contributed by atoms with Gasteiger partial charge in [0.15, 0.2) is 12.7 Å². The first-order valence-electron chi connectivity index (χ1n) is 8.20. The number of ether oxygens (including phenoxy) is 2. The molecule has 7 heteroatoms. The summed E-state index contributed by atoms with van der Waals surface area (Å²) in [7, 11) is 0. The molecule has 0 bridgehead atoms. The molecule has 138 valence electrons. The van der Waals surface area contributed by atoms with Gasteiger partial charge in [0.25, 0.3) is 11.8 Å². The molecule has 2 N–H and O–H groups in total. The lowest BCUT2D eigenvalue weighted by Gasteiger charge is -2.15. The summed E-state index contributed by atoms with van der Waals surface area (Å²) >= 11 is 0. The number of benzene rings is 2. The van der Waals surface area contributed by atoms with E-state index in [0.717, 1.165) is 12.0 Å². The molecule has 0 aromatic heterocycles. The van der Waals surface area contributed by atoms with Gasteiger partial charge in [0, 0.05) is 0 Å². The van der Waals surface area contributed by atoms with Crippen LogP contribution in [-0.4, -0.2) is 24.5 Å². The van der Waals surface area contributed by atoms with Crippen molar-refractivity contribution in [1.82, 2.24) is 10.9 Å². The maximum atomic E-state index is 12.8. The summed E-state index contributed by atoms with van der Waals surface area (Å²) in [6.45, 7) is 3.30. The summed E-state index contributed by atoms with van der Waals surface area (Å²) in [5, 5.41) is 0. The molecule has 0 heterocycles. The Balaban J connectivity index is 1.73. The number of halogens is 1. The molecule has 1 atom stereocenters. The van der Waals surface area contributed by atoms with Crippen molar-refractivity contribution in [3.05, 3.63) is 59.9 Å². The molecule has 0 aliphatic heterocycles. The van der Waals surface area contributed by atoms with Crippen LogP contribution >= 0.6 is 0 Å². The molecule has 0 fully saturated rings. The maximum Gasteiger partial charge on any atom is 0.279 e. The fourth-order valence-electron chi connectivity index (χ4n) is 2.04. The summed E-state index contributed by atoms with van der Waals surface area (Å²) in [6, 6.07) is 12.7. The van der Waals surface area contributed by atoms with Crippen LogP contribution < -0.4 is 20.3 Å². The lowest BCUT2D eigenvalue weighted by atomic mass is 10.2. The largest absolute Gasteiger partial charge is 0.484 e. The second-order valence-electron chi connectivity index (χ2n) is 5.54.